The second kappa shape index (κ2) is 5.96. The van der Waals surface area contributed by atoms with Crippen LogP contribution in [0.3, 0.4) is 0 Å². The van der Waals surface area contributed by atoms with Crippen molar-refractivity contribution in [1.82, 2.24) is 4.98 Å². The first kappa shape index (κ1) is 14.2. The number of rotatable bonds is 3. The number of aliphatic hydroxyl groups excluding tert-OH is 1. The Balaban J connectivity index is 1.85. The van der Waals surface area contributed by atoms with Crippen LogP contribution in [0.4, 0.5) is 0 Å². The van der Waals surface area contributed by atoms with Gasteiger partial charge in [0.05, 0.1) is 6.10 Å². The van der Waals surface area contributed by atoms with E-state index in [2.05, 4.69) is 33.0 Å². The van der Waals surface area contributed by atoms with Gasteiger partial charge in [0, 0.05) is 22.8 Å². The van der Waals surface area contributed by atoms with Crippen molar-refractivity contribution in [1.29, 1.82) is 0 Å². The molecular formula is C18H16BrNO. The van der Waals surface area contributed by atoms with E-state index in [1.807, 2.05) is 49.5 Å². The number of hydrogen-bond acceptors (Lipinski definition) is 2. The average molecular weight is 342 g/mol. The third-order valence-electron chi connectivity index (χ3n) is 3.59. The Morgan fingerprint density at radius 1 is 1.05 bits per heavy atom. The fourth-order valence-electron chi connectivity index (χ4n) is 2.38. The minimum atomic E-state index is -0.534. The van der Waals surface area contributed by atoms with Gasteiger partial charge in [0.15, 0.2) is 0 Å². The molecule has 21 heavy (non-hydrogen) atoms. The quantitative estimate of drug-likeness (QED) is 0.756. The van der Waals surface area contributed by atoms with E-state index < -0.39 is 6.10 Å². The molecule has 0 aliphatic carbocycles. The Bertz CT molecular complexity index is 768. The molecule has 1 aromatic heterocycles. The maximum Gasteiger partial charge on any atom is 0.0845 e. The number of hydrogen-bond donors (Lipinski definition) is 1. The summed E-state index contributed by atoms with van der Waals surface area (Å²) in [6, 6.07) is 16.2. The molecule has 3 heteroatoms. The zero-order valence-corrected chi connectivity index (χ0v) is 13.3. The lowest BCUT2D eigenvalue weighted by Crippen LogP contribution is -2.03. The molecule has 1 heterocycles. The molecular weight excluding hydrogens is 326 g/mol. The monoisotopic (exact) mass is 341 g/mol. The number of aromatic nitrogens is 1. The van der Waals surface area contributed by atoms with E-state index >= 15 is 0 Å². The molecule has 106 valence electrons. The van der Waals surface area contributed by atoms with Gasteiger partial charge >= 0.3 is 0 Å². The van der Waals surface area contributed by atoms with E-state index in [1.54, 1.807) is 0 Å². The minimum absolute atomic E-state index is 0.530. The van der Waals surface area contributed by atoms with Gasteiger partial charge in [-0.2, -0.15) is 0 Å². The van der Waals surface area contributed by atoms with Crippen LogP contribution in [-0.2, 0) is 6.42 Å². The highest BCUT2D eigenvalue weighted by atomic mass is 79.9. The summed E-state index contributed by atoms with van der Waals surface area (Å²) >= 11 is 3.47. The van der Waals surface area contributed by atoms with Crippen LogP contribution >= 0.6 is 15.9 Å². The first-order valence-corrected chi connectivity index (χ1v) is 7.70. The third-order valence-corrected chi connectivity index (χ3v) is 4.08. The van der Waals surface area contributed by atoms with Crippen LogP contribution in [0.1, 0.15) is 22.9 Å². The third kappa shape index (κ3) is 3.31. The number of pyridine rings is 1. The fourth-order valence-corrected chi connectivity index (χ4v) is 2.76. The first-order chi connectivity index (χ1) is 10.1. The Hall–Kier alpha value is -1.71. The molecule has 2 nitrogen and oxygen atoms in total. The number of halogens is 1. The smallest absolute Gasteiger partial charge is 0.0845 e. The summed E-state index contributed by atoms with van der Waals surface area (Å²) in [5.74, 6) is 0. The van der Waals surface area contributed by atoms with Crippen molar-refractivity contribution >= 4 is 26.7 Å². The molecule has 0 fully saturated rings. The summed E-state index contributed by atoms with van der Waals surface area (Å²) in [5.41, 5.74) is 2.96. The second-order valence-corrected chi connectivity index (χ2v) is 6.21. The molecule has 0 saturated heterocycles. The summed E-state index contributed by atoms with van der Waals surface area (Å²) in [7, 11) is 0. The molecule has 0 aliphatic rings. The number of fused-ring (bicyclic) bond motifs is 1. The summed E-state index contributed by atoms with van der Waals surface area (Å²) in [6.45, 7) is 2.01. The van der Waals surface area contributed by atoms with Crippen LogP contribution in [-0.4, -0.2) is 10.1 Å². The van der Waals surface area contributed by atoms with Gasteiger partial charge in [0.25, 0.3) is 0 Å². The van der Waals surface area contributed by atoms with E-state index in [4.69, 9.17) is 0 Å². The van der Waals surface area contributed by atoms with Gasteiger partial charge in [-0.05, 0) is 53.1 Å². The average Bonchev–Trinajstić information content (AvgIpc) is 2.49. The fraction of sp³-hybridized carbons (Fsp3) is 0.167. The second-order valence-electron chi connectivity index (χ2n) is 5.30. The van der Waals surface area contributed by atoms with E-state index in [-0.39, 0.29) is 0 Å². The minimum Gasteiger partial charge on any atom is -0.388 e. The van der Waals surface area contributed by atoms with E-state index in [0.717, 1.165) is 32.1 Å². The Morgan fingerprint density at radius 2 is 1.81 bits per heavy atom. The molecule has 0 spiro atoms. The lowest BCUT2D eigenvalue weighted by Gasteiger charge is -2.12. The molecule has 1 unspecified atom stereocenters. The molecule has 0 bridgehead atoms. The number of nitrogens with zero attached hydrogens (tertiary/aromatic N) is 1. The van der Waals surface area contributed by atoms with E-state index in [1.165, 1.54) is 0 Å². The molecule has 0 radical (unpaired) electrons. The normalized spacial score (nSPS) is 12.5. The van der Waals surface area contributed by atoms with Gasteiger partial charge in [0.1, 0.15) is 0 Å². The molecule has 0 aliphatic heterocycles. The molecule has 1 atom stereocenters. The van der Waals surface area contributed by atoms with Gasteiger partial charge < -0.3 is 5.11 Å². The Kier molecular flexibility index (Phi) is 4.04. The molecule has 1 N–H and O–H groups in total. The van der Waals surface area contributed by atoms with Crippen molar-refractivity contribution < 1.29 is 5.11 Å². The predicted octanol–water partition coefficient (Wildman–Crippen LogP) is 4.58. The number of benzene rings is 2. The van der Waals surface area contributed by atoms with Gasteiger partial charge in [0.2, 0.25) is 0 Å². The summed E-state index contributed by atoms with van der Waals surface area (Å²) in [6.07, 6.45) is 1.83. The summed E-state index contributed by atoms with van der Waals surface area (Å²) in [4.78, 5) is 4.35. The Morgan fingerprint density at radius 3 is 2.57 bits per heavy atom. The van der Waals surface area contributed by atoms with Crippen molar-refractivity contribution in [2.75, 3.05) is 0 Å². The highest BCUT2D eigenvalue weighted by molar-refractivity contribution is 9.10. The van der Waals surface area contributed by atoms with Crippen LogP contribution < -0.4 is 0 Å². The van der Waals surface area contributed by atoms with Crippen molar-refractivity contribution in [2.45, 2.75) is 19.4 Å². The maximum atomic E-state index is 10.4. The Labute approximate surface area is 132 Å². The van der Waals surface area contributed by atoms with Gasteiger partial charge in [-0.15, -0.1) is 0 Å². The lowest BCUT2D eigenvalue weighted by atomic mass is 10.0. The topological polar surface area (TPSA) is 33.1 Å². The van der Waals surface area contributed by atoms with Crippen LogP contribution in [0, 0.1) is 6.92 Å². The summed E-state index contributed by atoms with van der Waals surface area (Å²) in [5, 5.41) is 12.7. The maximum absolute atomic E-state index is 10.4. The standard InChI is InChI=1S/C18H16BrNO/c1-12-2-7-17(20-11-12)10-18(21)15-4-3-14-9-16(19)6-5-13(14)8-15/h2-9,11,18,21H,10H2,1H3. The largest absolute Gasteiger partial charge is 0.388 e. The van der Waals surface area contributed by atoms with Crippen LogP contribution in [0.5, 0.6) is 0 Å². The number of aryl methyl sites for hydroxylation is 1. The highest BCUT2D eigenvalue weighted by Gasteiger charge is 2.10. The molecule has 0 amide bonds. The zero-order chi connectivity index (χ0) is 14.8. The SMILES string of the molecule is Cc1ccc(CC(O)c2ccc3cc(Br)ccc3c2)nc1. The molecule has 2 aromatic carbocycles. The van der Waals surface area contributed by atoms with Crippen LogP contribution in [0.2, 0.25) is 0 Å². The highest BCUT2D eigenvalue weighted by Crippen LogP contribution is 2.25. The van der Waals surface area contributed by atoms with E-state index in [9.17, 15) is 5.11 Å². The summed E-state index contributed by atoms with van der Waals surface area (Å²) < 4.78 is 1.06. The predicted molar refractivity (Wildman–Crippen MR) is 89.3 cm³/mol. The van der Waals surface area contributed by atoms with Crippen LogP contribution in [0.25, 0.3) is 10.8 Å². The zero-order valence-electron chi connectivity index (χ0n) is 11.8. The molecule has 0 saturated carbocycles. The van der Waals surface area contributed by atoms with Crippen molar-refractivity contribution in [2.24, 2.45) is 0 Å². The lowest BCUT2D eigenvalue weighted by molar-refractivity contribution is 0.177. The van der Waals surface area contributed by atoms with E-state index in [0.29, 0.717) is 6.42 Å². The van der Waals surface area contributed by atoms with Gasteiger partial charge in [-0.25, -0.2) is 0 Å². The van der Waals surface area contributed by atoms with Crippen molar-refractivity contribution in [3.05, 3.63) is 76.0 Å². The molecule has 3 rings (SSSR count). The molecule has 3 aromatic rings. The van der Waals surface area contributed by atoms with Crippen molar-refractivity contribution in [3.63, 3.8) is 0 Å². The first-order valence-electron chi connectivity index (χ1n) is 6.90. The van der Waals surface area contributed by atoms with Crippen molar-refractivity contribution in [3.8, 4) is 0 Å². The number of aliphatic hydroxyl groups is 1. The van der Waals surface area contributed by atoms with Gasteiger partial charge in [-0.3, -0.25) is 4.98 Å². The van der Waals surface area contributed by atoms with Crippen LogP contribution in [0.15, 0.2) is 59.2 Å². The van der Waals surface area contributed by atoms with Gasteiger partial charge in [-0.1, -0.05) is 40.2 Å².